The zero-order valence-electron chi connectivity index (χ0n) is 12.7. The number of benzene rings is 1. The molecule has 2 N–H and O–H groups in total. The van der Waals surface area contributed by atoms with Crippen molar-refractivity contribution in [2.75, 3.05) is 10.0 Å². The SMILES string of the molecule is Cc1cccc(Nc2ccc(NS(=O)(=O)c3ccc(Cl)s3)cn2)c1. The molecule has 124 valence electrons. The number of hydrogen-bond acceptors (Lipinski definition) is 5. The maximum absolute atomic E-state index is 12.2. The molecule has 2 heterocycles. The fourth-order valence-corrected chi connectivity index (χ4v) is 4.57. The van der Waals surface area contributed by atoms with E-state index in [1.807, 2.05) is 31.2 Å². The number of hydrogen-bond donors (Lipinski definition) is 2. The van der Waals surface area contributed by atoms with Crippen molar-refractivity contribution in [2.45, 2.75) is 11.1 Å². The molecule has 0 aliphatic heterocycles. The largest absolute Gasteiger partial charge is 0.340 e. The lowest BCUT2D eigenvalue weighted by molar-refractivity contribution is 0.603. The molecule has 24 heavy (non-hydrogen) atoms. The monoisotopic (exact) mass is 379 g/mol. The molecule has 0 spiro atoms. The number of sulfonamides is 1. The minimum Gasteiger partial charge on any atom is -0.340 e. The van der Waals surface area contributed by atoms with Crippen LogP contribution in [0.2, 0.25) is 4.34 Å². The predicted molar refractivity (Wildman–Crippen MR) is 98.8 cm³/mol. The topological polar surface area (TPSA) is 71.1 Å². The Morgan fingerprint density at radius 2 is 1.92 bits per heavy atom. The van der Waals surface area contributed by atoms with Crippen molar-refractivity contribution in [3.05, 3.63) is 64.6 Å². The van der Waals surface area contributed by atoms with Gasteiger partial charge in [-0.1, -0.05) is 23.7 Å². The Kier molecular flexibility index (Phi) is 4.75. The molecule has 0 bridgehead atoms. The lowest BCUT2D eigenvalue weighted by Gasteiger charge is -2.09. The van der Waals surface area contributed by atoms with Crippen LogP contribution >= 0.6 is 22.9 Å². The second-order valence-electron chi connectivity index (χ2n) is 5.09. The second kappa shape index (κ2) is 6.80. The van der Waals surface area contributed by atoms with Crippen LogP contribution in [0.4, 0.5) is 17.2 Å². The van der Waals surface area contributed by atoms with E-state index in [0.29, 0.717) is 15.8 Å². The van der Waals surface area contributed by atoms with Gasteiger partial charge in [-0.2, -0.15) is 0 Å². The Balaban J connectivity index is 1.73. The van der Waals surface area contributed by atoms with Gasteiger partial charge < -0.3 is 5.32 Å². The summed E-state index contributed by atoms with van der Waals surface area (Å²) in [6.07, 6.45) is 1.46. The normalized spacial score (nSPS) is 11.2. The highest BCUT2D eigenvalue weighted by Gasteiger charge is 2.16. The van der Waals surface area contributed by atoms with E-state index in [4.69, 9.17) is 11.6 Å². The van der Waals surface area contributed by atoms with Gasteiger partial charge >= 0.3 is 0 Å². The van der Waals surface area contributed by atoms with E-state index >= 15 is 0 Å². The maximum atomic E-state index is 12.2. The van der Waals surface area contributed by atoms with Crippen molar-refractivity contribution < 1.29 is 8.42 Å². The Morgan fingerprint density at radius 1 is 1.08 bits per heavy atom. The molecular weight excluding hydrogens is 366 g/mol. The van der Waals surface area contributed by atoms with E-state index < -0.39 is 10.0 Å². The Labute approximate surface area is 149 Å². The third kappa shape index (κ3) is 4.05. The van der Waals surface area contributed by atoms with Crippen LogP contribution in [0.5, 0.6) is 0 Å². The van der Waals surface area contributed by atoms with Crippen molar-refractivity contribution in [3.8, 4) is 0 Å². The molecule has 3 aromatic rings. The summed E-state index contributed by atoms with van der Waals surface area (Å²) in [6, 6.07) is 14.3. The summed E-state index contributed by atoms with van der Waals surface area (Å²) in [5.74, 6) is 0.628. The first-order chi connectivity index (χ1) is 11.4. The van der Waals surface area contributed by atoms with Gasteiger partial charge in [-0.25, -0.2) is 13.4 Å². The van der Waals surface area contributed by atoms with Gasteiger partial charge in [0.05, 0.1) is 16.2 Å². The summed E-state index contributed by atoms with van der Waals surface area (Å²) in [5, 5.41) is 3.17. The van der Waals surface area contributed by atoms with Crippen LogP contribution in [0, 0.1) is 6.92 Å². The van der Waals surface area contributed by atoms with Crippen molar-refractivity contribution >= 4 is 50.2 Å². The minimum atomic E-state index is -3.65. The Bertz CT molecular complexity index is 953. The fraction of sp³-hybridized carbons (Fsp3) is 0.0625. The van der Waals surface area contributed by atoms with Crippen LogP contribution in [0.25, 0.3) is 0 Å². The van der Waals surface area contributed by atoms with Crippen molar-refractivity contribution in [3.63, 3.8) is 0 Å². The van der Waals surface area contributed by atoms with Crippen LogP contribution in [-0.2, 0) is 10.0 Å². The van der Waals surface area contributed by atoms with Crippen LogP contribution in [-0.4, -0.2) is 13.4 Å². The summed E-state index contributed by atoms with van der Waals surface area (Å²) in [5.41, 5.74) is 2.44. The van der Waals surface area contributed by atoms with Gasteiger partial charge in [0.25, 0.3) is 10.0 Å². The molecule has 1 aromatic carbocycles. The average Bonchev–Trinajstić information content (AvgIpc) is 2.97. The van der Waals surface area contributed by atoms with E-state index in [0.717, 1.165) is 22.6 Å². The number of pyridine rings is 1. The first kappa shape index (κ1) is 16.8. The van der Waals surface area contributed by atoms with E-state index in [1.165, 1.54) is 12.3 Å². The molecule has 0 amide bonds. The van der Waals surface area contributed by atoms with E-state index in [2.05, 4.69) is 15.0 Å². The Hall–Kier alpha value is -2.09. The molecule has 0 aliphatic carbocycles. The molecule has 0 aliphatic rings. The van der Waals surface area contributed by atoms with Gasteiger partial charge in [0.15, 0.2) is 0 Å². The summed E-state index contributed by atoms with van der Waals surface area (Å²) in [7, 11) is -3.65. The number of anilines is 3. The quantitative estimate of drug-likeness (QED) is 0.676. The first-order valence-electron chi connectivity index (χ1n) is 7.00. The zero-order chi connectivity index (χ0) is 17.2. The molecule has 0 saturated heterocycles. The number of aryl methyl sites for hydroxylation is 1. The number of halogens is 1. The number of thiophene rings is 1. The molecule has 0 radical (unpaired) electrons. The van der Waals surface area contributed by atoms with E-state index in [9.17, 15) is 8.42 Å². The van der Waals surface area contributed by atoms with Gasteiger partial charge in [0.1, 0.15) is 10.0 Å². The molecule has 0 fully saturated rings. The summed E-state index contributed by atoms with van der Waals surface area (Å²) in [6.45, 7) is 2.01. The van der Waals surface area contributed by atoms with Gasteiger partial charge in [-0.05, 0) is 48.9 Å². The highest BCUT2D eigenvalue weighted by molar-refractivity contribution is 7.94. The molecule has 5 nitrogen and oxygen atoms in total. The third-order valence-electron chi connectivity index (χ3n) is 3.12. The highest BCUT2D eigenvalue weighted by atomic mass is 35.5. The van der Waals surface area contributed by atoms with Crippen LogP contribution in [0.1, 0.15) is 5.56 Å². The number of rotatable bonds is 5. The summed E-state index contributed by atoms with van der Waals surface area (Å²) >= 11 is 6.79. The van der Waals surface area contributed by atoms with Gasteiger partial charge in [0, 0.05) is 5.69 Å². The van der Waals surface area contributed by atoms with E-state index in [1.54, 1.807) is 18.2 Å². The van der Waals surface area contributed by atoms with Gasteiger partial charge in [0.2, 0.25) is 0 Å². The zero-order valence-corrected chi connectivity index (χ0v) is 15.0. The number of nitrogens with zero attached hydrogens (tertiary/aromatic N) is 1. The predicted octanol–water partition coefficient (Wildman–Crippen LogP) is 4.65. The summed E-state index contributed by atoms with van der Waals surface area (Å²) in [4.78, 5) is 4.23. The second-order valence-corrected chi connectivity index (χ2v) is 8.71. The third-order valence-corrected chi connectivity index (χ3v) is 6.22. The summed E-state index contributed by atoms with van der Waals surface area (Å²) < 4.78 is 27.5. The highest BCUT2D eigenvalue weighted by Crippen LogP contribution is 2.27. The van der Waals surface area contributed by atoms with Crippen molar-refractivity contribution in [1.29, 1.82) is 0 Å². The molecule has 0 saturated carbocycles. The lowest BCUT2D eigenvalue weighted by atomic mass is 10.2. The molecular formula is C16H14ClN3O2S2. The lowest BCUT2D eigenvalue weighted by Crippen LogP contribution is -2.11. The average molecular weight is 380 g/mol. The van der Waals surface area contributed by atoms with Crippen molar-refractivity contribution in [2.24, 2.45) is 0 Å². The van der Waals surface area contributed by atoms with Crippen LogP contribution < -0.4 is 10.0 Å². The maximum Gasteiger partial charge on any atom is 0.271 e. The number of nitrogens with one attached hydrogen (secondary N) is 2. The van der Waals surface area contributed by atoms with Gasteiger partial charge in [-0.15, -0.1) is 11.3 Å². The van der Waals surface area contributed by atoms with E-state index in [-0.39, 0.29) is 4.21 Å². The van der Waals surface area contributed by atoms with Crippen LogP contribution in [0.3, 0.4) is 0 Å². The molecule has 0 unspecified atom stereocenters. The first-order valence-corrected chi connectivity index (χ1v) is 9.68. The molecule has 2 aromatic heterocycles. The van der Waals surface area contributed by atoms with Crippen molar-refractivity contribution in [1.82, 2.24) is 4.98 Å². The fourth-order valence-electron chi connectivity index (χ4n) is 2.05. The van der Waals surface area contributed by atoms with Gasteiger partial charge in [-0.3, -0.25) is 4.72 Å². The molecule has 3 rings (SSSR count). The minimum absolute atomic E-state index is 0.162. The standard InChI is InChI=1S/C16H14ClN3O2S2/c1-11-3-2-4-12(9-11)19-15-7-5-13(10-18-15)20-24(21,22)16-8-6-14(17)23-16/h2-10,20H,1H3,(H,18,19). The Morgan fingerprint density at radius 3 is 2.54 bits per heavy atom. The smallest absolute Gasteiger partial charge is 0.271 e. The number of aromatic nitrogens is 1. The molecule has 8 heteroatoms. The molecule has 0 atom stereocenters. The van der Waals surface area contributed by atoms with Crippen LogP contribution in [0.15, 0.2) is 58.9 Å².